The number of anilines is 1. The summed E-state index contributed by atoms with van der Waals surface area (Å²) in [6, 6.07) is 14.1. The summed E-state index contributed by atoms with van der Waals surface area (Å²) in [6.07, 6.45) is 4.87. The number of nitrogens with one attached hydrogen (secondary N) is 1. The second kappa shape index (κ2) is 6.95. The van der Waals surface area contributed by atoms with Crippen molar-refractivity contribution in [3.05, 3.63) is 60.4 Å². The highest BCUT2D eigenvalue weighted by atomic mass is 16.2. The Balaban J connectivity index is 1.84. The molecule has 0 radical (unpaired) electrons. The van der Waals surface area contributed by atoms with Gasteiger partial charge in [0.2, 0.25) is 0 Å². The van der Waals surface area contributed by atoms with Gasteiger partial charge in [0.1, 0.15) is 11.3 Å². The molecule has 2 N–H and O–H groups in total. The number of aromatic nitrogens is 3. The predicted molar refractivity (Wildman–Crippen MR) is 86.5 cm³/mol. The van der Waals surface area contributed by atoms with Crippen LogP contribution in [0.5, 0.6) is 0 Å². The van der Waals surface area contributed by atoms with E-state index in [2.05, 4.69) is 32.4 Å². The van der Waals surface area contributed by atoms with Gasteiger partial charge in [0.15, 0.2) is 5.65 Å². The van der Waals surface area contributed by atoms with Crippen molar-refractivity contribution >= 4 is 17.0 Å². The van der Waals surface area contributed by atoms with E-state index in [0.717, 1.165) is 24.2 Å². The minimum atomic E-state index is 0.106. The van der Waals surface area contributed by atoms with Crippen molar-refractivity contribution < 1.29 is 5.11 Å². The first-order valence-electron chi connectivity index (χ1n) is 7.37. The maximum Gasteiger partial charge on any atom is 0.180 e. The van der Waals surface area contributed by atoms with Crippen LogP contribution in [-0.2, 0) is 0 Å². The Bertz CT molecular complexity index is 733. The second-order valence-electron chi connectivity index (χ2n) is 5.07. The molecule has 0 aliphatic carbocycles. The molecule has 0 saturated carbocycles. The molecular formula is C17H18N4O. The van der Waals surface area contributed by atoms with Crippen molar-refractivity contribution in [1.82, 2.24) is 15.0 Å². The number of pyridine rings is 1. The summed E-state index contributed by atoms with van der Waals surface area (Å²) >= 11 is 0. The number of hydrogen-bond acceptors (Lipinski definition) is 5. The highest BCUT2D eigenvalue weighted by molar-refractivity contribution is 5.71. The lowest BCUT2D eigenvalue weighted by atomic mass is 10.0. The third-order valence-corrected chi connectivity index (χ3v) is 3.51. The Kier molecular flexibility index (Phi) is 4.56. The van der Waals surface area contributed by atoms with Crippen LogP contribution in [0.2, 0.25) is 0 Å². The van der Waals surface area contributed by atoms with Gasteiger partial charge in [-0.15, -0.1) is 0 Å². The lowest BCUT2D eigenvalue weighted by Gasteiger charge is -2.19. The third-order valence-electron chi connectivity index (χ3n) is 3.51. The molecule has 3 rings (SSSR count). The van der Waals surface area contributed by atoms with E-state index in [-0.39, 0.29) is 12.6 Å². The summed E-state index contributed by atoms with van der Waals surface area (Å²) < 4.78 is 0. The zero-order chi connectivity index (χ0) is 15.2. The van der Waals surface area contributed by atoms with Gasteiger partial charge in [0.25, 0.3) is 0 Å². The fourth-order valence-corrected chi connectivity index (χ4v) is 2.42. The summed E-state index contributed by atoms with van der Waals surface area (Å²) in [6.45, 7) is 0.182. The highest BCUT2D eigenvalue weighted by Crippen LogP contribution is 2.23. The Morgan fingerprint density at radius 3 is 2.64 bits per heavy atom. The van der Waals surface area contributed by atoms with Gasteiger partial charge in [-0.05, 0) is 30.5 Å². The van der Waals surface area contributed by atoms with Gasteiger partial charge in [-0.2, -0.15) is 0 Å². The number of hydrogen-bond donors (Lipinski definition) is 2. The van der Waals surface area contributed by atoms with Crippen molar-refractivity contribution in [3.63, 3.8) is 0 Å². The molecule has 1 aromatic carbocycles. The van der Waals surface area contributed by atoms with Gasteiger partial charge in [-0.25, -0.2) is 9.97 Å². The number of aliphatic hydroxyl groups is 1. The first-order chi connectivity index (χ1) is 10.9. The first-order valence-corrected chi connectivity index (χ1v) is 7.37. The van der Waals surface area contributed by atoms with E-state index in [1.165, 1.54) is 5.56 Å². The zero-order valence-corrected chi connectivity index (χ0v) is 12.2. The van der Waals surface area contributed by atoms with Crippen molar-refractivity contribution in [1.29, 1.82) is 0 Å². The molecule has 0 saturated heterocycles. The van der Waals surface area contributed by atoms with Crippen molar-refractivity contribution in [2.45, 2.75) is 18.9 Å². The van der Waals surface area contributed by atoms with Crippen LogP contribution in [0, 0.1) is 0 Å². The number of nitrogens with zero attached hydrogens (tertiary/aromatic N) is 3. The molecule has 0 bridgehead atoms. The van der Waals surface area contributed by atoms with Gasteiger partial charge >= 0.3 is 0 Å². The SMILES string of the molecule is OCCCC(Nc1ccc2nccnc2n1)c1ccccc1. The van der Waals surface area contributed by atoms with Gasteiger partial charge in [-0.3, -0.25) is 4.98 Å². The molecule has 0 spiro atoms. The largest absolute Gasteiger partial charge is 0.396 e. The van der Waals surface area contributed by atoms with E-state index in [1.807, 2.05) is 30.3 Å². The van der Waals surface area contributed by atoms with Crippen LogP contribution in [0.4, 0.5) is 5.82 Å². The molecule has 1 atom stereocenters. The van der Waals surface area contributed by atoms with Crippen LogP contribution in [0.3, 0.4) is 0 Å². The van der Waals surface area contributed by atoms with Crippen LogP contribution in [0.25, 0.3) is 11.2 Å². The molecule has 0 aliphatic rings. The molecule has 0 amide bonds. The topological polar surface area (TPSA) is 70.9 Å². The van der Waals surface area contributed by atoms with Crippen LogP contribution in [0.15, 0.2) is 54.9 Å². The van der Waals surface area contributed by atoms with E-state index < -0.39 is 0 Å². The molecule has 3 aromatic rings. The average molecular weight is 294 g/mol. The number of rotatable bonds is 6. The molecule has 2 aromatic heterocycles. The minimum Gasteiger partial charge on any atom is -0.396 e. The molecule has 5 nitrogen and oxygen atoms in total. The van der Waals surface area contributed by atoms with Crippen molar-refractivity contribution in [2.24, 2.45) is 0 Å². The lowest BCUT2D eigenvalue weighted by molar-refractivity contribution is 0.281. The number of aliphatic hydroxyl groups excluding tert-OH is 1. The van der Waals surface area contributed by atoms with E-state index in [4.69, 9.17) is 5.11 Å². The third kappa shape index (κ3) is 3.38. The van der Waals surface area contributed by atoms with E-state index in [0.29, 0.717) is 5.65 Å². The van der Waals surface area contributed by atoms with Gasteiger partial charge < -0.3 is 10.4 Å². The molecule has 5 heteroatoms. The predicted octanol–water partition coefficient (Wildman–Crippen LogP) is 2.95. The first kappa shape index (κ1) is 14.4. The number of fused-ring (bicyclic) bond motifs is 1. The Labute approximate surface area is 129 Å². The maximum atomic E-state index is 9.11. The molecule has 22 heavy (non-hydrogen) atoms. The normalized spacial score (nSPS) is 12.2. The van der Waals surface area contributed by atoms with E-state index in [1.54, 1.807) is 12.4 Å². The molecule has 0 fully saturated rings. The van der Waals surface area contributed by atoms with Crippen LogP contribution >= 0.6 is 0 Å². The Morgan fingerprint density at radius 1 is 1.00 bits per heavy atom. The summed E-state index contributed by atoms with van der Waals surface area (Å²) in [5.74, 6) is 0.764. The molecule has 2 heterocycles. The van der Waals surface area contributed by atoms with Crippen molar-refractivity contribution in [3.8, 4) is 0 Å². The zero-order valence-electron chi connectivity index (χ0n) is 12.2. The number of benzene rings is 1. The second-order valence-corrected chi connectivity index (χ2v) is 5.07. The van der Waals surface area contributed by atoms with Crippen LogP contribution < -0.4 is 5.32 Å². The van der Waals surface area contributed by atoms with Crippen LogP contribution in [0.1, 0.15) is 24.4 Å². The highest BCUT2D eigenvalue weighted by Gasteiger charge is 2.12. The van der Waals surface area contributed by atoms with E-state index in [9.17, 15) is 0 Å². The van der Waals surface area contributed by atoms with E-state index >= 15 is 0 Å². The van der Waals surface area contributed by atoms with Gasteiger partial charge in [-0.1, -0.05) is 30.3 Å². The smallest absolute Gasteiger partial charge is 0.180 e. The van der Waals surface area contributed by atoms with Crippen molar-refractivity contribution in [2.75, 3.05) is 11.9 Å². The molecule has 1 unspecified atom stereocenters. The fraction of sp³-hybridized carbons (Fsp3) is 0.235. The maximum absolute atomic E-state index is 9.11. The summed E-state index contributed by atoms with van der Waals surface area (Å²) in [5, 5.41) is 12.5. The Hall–Kier alpha value is -2.53. The summed E-state index contributed by atoms with van der Waals surface area (Å²) in [5.41, 5.74) is 2.58. The standard InChI is InChI=1S/C17H18N4O/c22-12-4-7-14(13-5-2-1-3-6-13)20-16-9-8-15-17(21-16)19-11-10-18-15/h1-3,5-6,8-11,14,22H,4,7,12H2,(H,19,20,21). The summed E-state index contributed by atoms with van der Waals surface area (Å²) in [4.78, 5) is 13.0. The Morgan fingerprint density at radius 2 is 1.82 bits per heavy atom. The minimum absolute atomic E-state index is 0.106. The van der Waals surface area contributed by atoms with Crippen LogP contribution in [-0.4, -0.2) is 26.7 Å². The van der Waals surface area contributed by atoms with Gasteiger partial charge in [0, 0.05) is 19.0 Å². The van der Waals surface area contributed by atoms with Gasteiger partial charge in [0.05, 0.1) is 6.04 Å². The fourth-order valence-electron chi connectivity index (χ4n) is 2.42. The lowest BCUT2D eigenvalue weighted by Crippen LogP contribution is -2.12. The molecular weight excluding hydrogens is 276 g/mol. The molecule has 112 valence electrons. The quantitative estimate of drug-likeness (QED) is 0.731. The average Bonchev–Trinajstić information content (AvgIpc) is 2.59. The summed E-state index contributed by atoms with van der Waals surface area (Å²) in [7, 11) is 0. The monoisotopic (exact) mass is 294 g/mol. The molecule has 0 aliphatic heterocycles.